The quantitative estimate of drug-likeness (QED) is 0.885. The highest BCUT2D eigenvalue weighted by molar-refractivity contribution is 6.33. The van der Waals surface area contributed by atoms with Crippen LogP contribution in [0.1, 0.15) is 40.5 Å². The van der Waals surface area contributed by atoms with E-state index in [4.69, 9.17) is 11.6 Å². The number of amides is 1. The van der Waals surface area contributed by atoms with E-state index in [1.807, 2.05) is 12.1 Å². The number of benzene rings is 1. The van der Waals surface area contributed by atoms with Gasteiger partial charge < -0.3 is 5.32 Å². The van der Waals surface area contributed by atoms with E-state index < -0.39 is 0 Å². The smallest absolute Gasteiger partial charge is 0.271 e. The molecule has 19 heavy (non-hydrogen) atoms. The Kier molecular flexibility index (Phi) is 3.25. The summed E-state index contributed by atoms with van der Waals surface area (Å²) in [6.45, 7) is 0. The molecule has 2 aromatic rings. The molecule has 1 amide bonds. The van der Waals surface area contributed by atoms with Crippen LogP contribution in [0.4, 0.5) is 0 Å². The Bertz CT molecular complexity index is 608. The lowest BCUT2D eigenvalue weighted by Gasteiger charge is -2.26. The van der Waals surface area contributed by atoms with Crippen LogP contribution >= 0.6 is 11.6 Å². The number of carbonyl (C=O) groups is 1. The van der Waals surface area contributed by atoms with Crippen LogP contribution in [0.2, 0.25) is 5.02 Å². The largest absolute Gasteiger partial charge is 0.344 e. The van der Waals surface area contributed by atoms with Crippen molar-refractivity contribution >= 4 is 17.5 Å². The molecule has 0 aliphatic heterocycles. The molecule has 1 atom stereocenters. The topological polar surface area (TPSA) is 57.8 Å². The van der Waals surface area contributed by atoms with Crippen LogP contribution in [0.25, 0.3) is 0 Å². The van der Waals surface area contributed by atoms with Gasteiger partial charge in [-0.2, -0.15) is 5.10 Å². The summed E-state index contributed by atoms with van der Waals surface area (Å²) in [5.41, 5.74) is 2.84. The number of hydrogen-bond acceptors (Lipinski definition) is 2. The average Bonchev–Trinajstić information content (AvgIpc) is 2.85. The molecule has 2 N–H and O–H groups in total. The van der Waals surface area contributed by atoms with Gasteiger partial charge in [0.05, 0.1) is 17.3 Å². The highest BCUT2D eigenvalue weighted by atomic mass is 35.5. The second kappa shape index (κ2) is 5.05. The first-order chi connectivity index (χ1) is 9.25. The molecule has 0 saturated heterocycles. The van der Waals surface area contributed by atoms with Gasteiger partial charge in [0.25, 0.3) is 5.91 Å². The van der Waals surface area contributed by atoms with E-state index in [2.05, 4.69) is 27.6 Å². The van der Waals surface area contributed by atoms with Crippen molar-refractivity contribution in [1.82, 2.24) is 15.5 Å². The molecule has 1 heterocycles. The van der Waals surface area contributed by atoms with Gasteiger partial charge in [0, 0.05) is 0 Å². The number of H-pyrrole nitrogens is 1. The number of aromatic amines is 1. The van der Waals surface area contributed by atoms with Gasteiger partial charge in [-0.1, -0.05) is 35.9 Å². The molecule has 1 aromatic heterocycles. The molecule has 1 aromatic carbocycles. The first-order valence-electron chi connectivity index (χ1n) is 6.33. The zero-order valence-electron chi connectivity index (χ0n) is 10.3. The number of nitrogens with one attached hydrogen (secondary N) is 2. The maximum atomic E-state index is 12.1. The van der Waals surface area contributed by atoms with E-state index in [0.29, 0.717) is 10.7 Å². The number of aryl methyl sites for hydroxylation is 1. The highest BCUT2D eigenvalue weighted by Gasteiger charge is 2.23. The zero-order chi connectivity index (χ0) is 13.2. The maximum Gasteiger partial charge on any atom is 0.271 e. The van der Waals surface area contributed by atoms with E-state index in [0.717, 1.165) is 19.3 Å². The van der Waals surface area contributed by atoms with Crippen molar-refractivity contribution in [3.8, 4) is 0 Å². The van der Waals surface area contributed by atoms with E-state index in [-0.39, 0.29) is 11.9 Å². The van der Waals surface area contributed by atoms with Crippen LogP contribution in [-0.2, 0) is 6.42 Å². The molecule has 0 radical (unpaired) electrons. The van der Waals surface area contributed by atoms with Gasteiger partial charge in [-0.15, -0.1) is 0 Å². The molecule has 3 rings (SSSR count). The van der Waals surface area contributed by atoms with E-state index in [1.165, 1.54) is 17.3 Å². The normalized spacial score (nSPS) is 17.8. The minimum atomic E-state index is -0.204. The van der Waals surface area contributed by atoms with Gasteiger partial charge in [-0.3, -0.25) is 9.89 Å². The lowest BCUT2D eigenvalue weighted by molar-refractivity contribution is 0.0928. The SMILES string of the molecule is O=C(NC1CCCc2ccccc21)c1[nH]ncc1Cl. The molecule has 0 fully saturated rings. The Hall–Kier alpha value is -1.81. The predicted octanol–water partition coefficient (Wildman–Crippen LogP) is 2.87. The van der Waals surface area contributed by atoms with Gasteiger partial charge in [0.2, 0.25) is 0 Å². The number of rotatable bonds is 2. The van der Waals surface area contributed by atoms with Crippen LogP contribution in [0.15, 0.2) is 30.5 Å². The third kappa shape index (κ3) is 2.36. The van der Waals surface area contributed by atoms with Crippen molar-refractivity contribution in [1.29, 1.82) is 0 Å². The summed E-state index contributed by atoms with van der Waals surface area (Å²) in [5.74, 6) is -0.204. The summed E-state index contributed by atoms with van der Waals surface area (Å²) in [4.78, 5) is 12.1. The standard InChI is InChI=1S/C14H14ClN3O/c15-11-8-16-18-13(11)14(19)17-12-7-3-5-9-4-1-2-6-10(9)12/h1-2,4,6,8,12H,3,5,7H2,(H,16,18)(H,17,19). The van der Waals surface area contributed by atoms with Gasteiger partial charge in [0.15, 0.2) is 0 Å². The lowest BCUT2D eigenvalue weighted by Crippen LogP contribution is -2.31. The van der Waals surface area contributed by atoms with Crippen LogP contribution < -0.4 is 5.32 Å². The van der Waals surface area contributed by atoms with Crippen molar-refractivity contribution in [2.45, 2.75) is 25.3 Å². The lowest BCUT2D eigenvalue weighted by atomic mass is 9.88. The molecular formula is C14H14ClN3O. The molecule has 0 spiro atoms. The Labute approximate surface area is 116 Å². The van der Waals surface area contributed by atoms with Crippen molar-refractivity contribution < 1.29 is 4.79 Å². The number of hydrogen-bond donors (Lipinski definition) is 2. The van der Waals surface area contributed by atoms with Gasteiger partial charge >= 0.3 is 0 Å². The van der Waals surface area contributed by atoms with Crippen molar-refractivity contribution in [3.05, 3.63) is 52.3 Å². The van der Waals surface area contributed by atoms with Gasteiger partial charge in [0.1, 0.15) is 5.69 Å². The number of fused-ring (bicyclic) bond motifs is 1. The van der Waals surface area contributed by atoms with E-state index >= 15 is 0 Å². The van der Waals surface area contributed by atoms with Crippen LogP contribution in [0.3, 0.4) is 0 Å². The first kappa shape index (κ1) is 12.2. The number of aromatic nitrogens is 2. The third-order valence-electron chi connectivity index (χ3n) is 3.49. The monoisotopic (exact) mass is 275 g/mol. The summed E-state index contributed by atoms with van der Waals surface area (Å²) in [6, 6.07) is 8.29. The summed E-state index contributed by atoms with van der Waals surface area (Å²) >= 11 is 5.90. The number of halogens is 1. The fourth-order valence-electron chi connectivity index (χ4n) is 2.56. The minimum Gasteiger partial charge on any atom is -0.344 e. The summed E-state index contributed by atoms with van der Waals surface area (Å²) in [6.07, 6.45) is 4.55. The molecule has 4 nitrogen and oxygen atoms in total. The molecule has 1 unspecified atom stereocenters. The Morgan fingerprint density at radius 1 is 1.42 bits per heavy atom. The Morgan fingerprint density at radius 2 is 2.26 bits per heavy atom. The van der Waals surface area contributed by atoms with Crippen LogP contribution in [0, 0.1) is 0 Å². The molecule has 5 heteroatoms. The third-order valence-corrected chi connectivity index (χ3v) is 3.78. The summed E-state index contributed by atoms with van der Waals surface area (Å²) < 4.78 is 0. The molecule has 1 aliphatic carbocycles. The molecular weight excluding hydrogens is 262 g/mol. The molecule has 0 bridgehead atoms. The average molecular weight is 276 g/mol. The predicted molar refractivity (Wildman–Crippen MR) is 73.2 cm³/mol. The second-order valence-corrected chi connectivity index (χ2v) is 5.12. The minimum absolute atomic E-state index is 0.0526. The molecule has 98 valence electrons. The summed E-state index contributed by atoms with van der Waals surface area (Å²) in [7, 11) is 0. The van der Waals surface area contributed by atoms with Crippen LogP contribution in [-0.4, -0.2) is 16.1 Å². The van der Waals surface area contributed by atoms with Crippen molar-refractivity contribution in [2.75, 3.05) is 0 Å². The van der Waals surface area contributed by atoms with E-state index in [9.17, 15) is 4.79 Å². The number of nitrogens with zero attached hydrogens (tertiary/aromatic N) is 1. The summed E-state index contributed by atoms with van der Waals surface area (Å²) in [5, 5.41) is 9.76. The maximum absolute atomic E-state index is 12.1. The second-order valence-electron chi connectivity index (χ2n) is 4.71. The molecule has 1 aliphatic rings. The highest BCUT2D eigenvalue weighted by Crippen LogP contribution is 2.29. The Morgan fingerprint density at radius 3 is 3.05 bits per heavy atom. The van der Waals surface area contributed by atoms with Crippen molar-refractivity contribution in [2.24, 2.45) is 0 Å². The van der Waals surface area contributed by atoms with Crippen LogP contribution in [0.5, 0.6) is 0 Å². The Balaban J connectivity index is 1.82. The van der Waals surface area contributed by atoms with Gasteiger partial charge in [-0.25, -0.2) is 0 Å². The van der Waals surface area contributed by atoms with E-state index in [1.54, 1.807) is 0 Å². The molecule has 0 saturated carbocycles. The zero-order valence-corrected chi connectivity index (χ0v) is 11.1. The number of carbonyl (C=O) groups excluding carboxylic acids is 1. The van der Waals surface area contributed by atoms with Gasteiger partial charge in [-0.05, 0) is 30.4 Å². The fraction of sp³-hybridized carbons (Fsp3) is 0.286. The first-order valence-corrected chi connectivity index (χ1v) is 6.71. The van der Waals surface area contributed by atoms with Crippen molar-refractivity contribution in [3.63, 3.8) is 0 Å². The fourth-order valence-corrected chi connectivity index (χ4v) is 2.74.